The summed E-state index contributed by atoms with van der Waals surface area (Å²) in [6, 6.07) is 22.4. The lowest BCUT2D eigenvalue weighted by atomic mass is 10.0. The molecule has 8 rings (SSSR count). The van der Waals surface area contributed by atoms with Crippen LogP contribution in [0.4, 0.5) is 17.3 Å². The van der Waals surface area contributed by atoms with E-state index in [2.05, 4.69) is 51.3 Å². The molecule has 0 aliphatic carbocycles. The Morgan fingerprint density at radius 1 is 0.778 bits per heavy atom. The summed E-state index contributed by atoms with van der Waals surface area (Å²) in [7, 11) is 0. The number of carbonyl (C=O) groups excluding carboxylic acids is 7. The van der Waals surface area contributed by atoms with Gasteiger partial charge in [0.1, 0.15) is 11.8 Å². The largest absolute Gasteiger partial charge is 0.483 e. The third kappa shape index (κ3) is 13.3. The van der Waals surface area contributed by atoms with Gasteiger partial charge in [-0.2, -0.15) is 0 Å². The Hall–Kier alpha value is -7.90. The molecular weight excluding hydrogens is 919 g/mol. The number of hydrogen-bond donors (Lipinski definition) is 5. The Labute approximate surface area is 417 Å². The summed E-state index contributed by atoms with van der Waals surface area (Å²) in [5, 5.41) is 14.3. The van der Waals surface area contributed by atoms with E-state index in [0.717, 1.165) is 104 Å². The van der Waals surface area contributed by atoms with Crippen LogP contribution in [-0.2, 0) is 25.7 Å². The van der Waals surface area contributed by atoms with E-state index in [1.165, 1.54) is 12.1 Å². The van der Waals surface area contributed by atoms with Gasteiger partial charge in [0, 0.05) is 93.3 Å². The lowest BCUT2D eigenvalue weighted by Crippen LogP contribution is -2.54. The minimum atomic E-state index is -1.09. The van der Waals surface area contributed by atoms with Crippen molar-refractivity contribution in [3.8, 4) is 17.0 Å². The minimum Gasteiger partial charge on any atom is -0.483 e. The quantitative estimate of drug-likeness (QED) is 0.0453. The number of fused-ring (bicyclic) bond motifs is 1. The van der Waals surface area contributed by atoms with Gasteiger partial charge < -0.3 is 26.0 Å². The Kier molecular flexibility index (Phi) is 17.0. The van der Waals surface area contributed by atoms with Crippen LogP contribution in [0.3, 0.4) is 0 Å². The monoisotopic (exact) mass is 977 g/mol. The van der Waals surface area contributed by atoms with E-state index < -0.39 is 29.7 Å². The van der Waals surface area contributed by atoms with Gasteiger partial charge in [0.25, 0.3) is 23.6 Å². The number of pyridine rings is 1. The molecular formula is C53H59N11O8. The van der Waals surface area contributed by atoms with Crippen LogP contribution in [-0.4, -0.2) is 129 Å². The molecule has 2 saturated heterocycles. The third-order valence-corrected chi connectivity index (χ3v) is 12.8. The summed E-state index contributed by atoms with van der Waals surface area (Å²) in [6.45, 7) is 7.11. The fourth-order valence-corrected chi connectivity index (χ4v) is 8.85. The smallest absolute Gasteiger partial charge is 0.266 e. The highest BCUT2D eigenvalue weighted by atomic mass is 16.5. The van der Waals surface area contributed by atoms with Gasteiger partial charge in [-0.3, -0.25) is 58.6 Å². The fraction of sp³-hybridized carbons (Fsp3) is 0.358. The van der Waals surface area contributed by atoms with Crippen LogP contribution >= 0.6 is 0 Å². The number of nitrogens with zero attached hydrogens (tertiary/aromatic N) is 6. The van der Waals surface area contributed by atoms with Crippen LogP contribution < -0.4 is 31.3 Å². The number of rotatable bonds is 22. The number of carbonyl (C=O) groups is 7. The molecule has 3 aromatic carbocycles. The van der Waals surface area contributed by atoms with Gasteiger partial charge >= 0.3 is 0 Å². The molecule has 1 unspecified atom stereocenters. The van der Waals surface area contributed by atoms with Crippen molar-refractivity contribution >= 4 is 58.7 Å². The standard InChI is InChI=1S/C53H59N11O8/c1-35-13-18-39(30-42(35)60-53-57-25-21-41(59-53)38-10-9-22-54-31-38)58-49(68)37-16-14-36(15-17-37)32-62-26-28-63(29-27-62)33-46(66)55-23-6-4-2-3-5-7-24-56-47(67)34-72-44-12-8-11-40-48(44)52(71)64(51(40)70)43-19-20-45(65)61-50(43)69/h8-18,21-22,25,30-31,43H,2-7,19-20,23-24,26-29,32-34H2,1H3,(H,55,66)(H,56,67)(H,58,68)(H,57,59,60)(H,61,65,69). The van der Waals surface area contributed by atoms with Crippen molar-refractivity contribution in [1.82, 2.24) is 45.6 Å². The van der Waals surface area contributed by atoms with Gasteiger partial charge in [0.2, 0.25) is 23.7 Å². The molecule has 0 radical (unpaired) electrons. The van der Waals surface area contributed by atoms with E-state index in [0.29, 0.717) is 36.8 Å². The van der Waals surface area contributed by atoms with E-state index in [-0.39, 0.29) is 54.0 Å². The van der Waals surface area contributed by atoms with Crippen molar-refractivity contribution in [1.29, 1.82) is 0 Å². The zero-order chi connectivity index (χ0) is 50.4. The van der Waals surface area contributed by atoms with Crippen molar-refractivity contribution in [2.45, 2.75) is 70.9 Å². The van der Waals surface area contributed by atoms with Gasteiger partial charge in [-0.15, -0.1) is 0 Å². The number of nitrogens with one attached hydrogen (secondary N) is 5. The second kappa shape index (κ2) is 24.3. The van der Waals surface area contributed by atoms with Crippen LogP contribution in [0.15, 0.2) is 97.5 Å². The number of aromatic nitrogens is 3. The lowest BCUT2D eigenvalue weighted by molar-refractivity contribution is -0.136. The highest BCUT2D eigenvalue weighted by Crippen LogP contribution is 2.34. The van der Waals surface area contributed by atoms with E-state index in [4.69, 9.17) is 4.74 Å². The van der Waals surface area contributed by atoms with Crippen molar-refractivity contribution in [2.24, 2.45) is 0 Å². The van der Waals surface area contributed by atoms with Crippen LogP contribution in [0.2, 0.25) is 0 Å². The number of unbranched alkanes of at least 4 members (excludes halogenated alkanes) is 5. The molecule has 7 amide bonds. The number of aryl methyl sites for hydroxylation is 1. The van der Waals surface area contributed by atoms with Crippen molar-refractivity contribution in [2.75, 3.05) is 63.1 Å². The number of piperazine rings is 1. The van der Waals surface area contributed by atoms with Crippen LogP contribution in [0.5, 0.6) is 5.75 Å². The lowest BCUT2D eigenvalue weighted by Gasteiger charge is -2.34. The van der Waals surface area contributed by atoms with Gasteiger partial charge in [0.15, 0.2) is 6.61 Å². The topological polar surface area (TPSA) is 237 Å². The first-order valence-electron chi connectivity index (χ1n) is 24.5. The molecule has 0 bridgehead atoms. The fourth-order valence-electron chi connectivity index (χ4n) is 8.85. The Bertz CT molecular complexity index is 2780. The Morgan fingerprint density at radius 2 is 1.51 bits per heavy atom. The molecule has 0 saturated carbocycles. The summed E-state index contributed by atoms with van der Waals surface area (Å²) in [6.07, 6.45) is 10.8. The molecule has 2 aromatic heterocycles. The molecule has 19 heteroatoms. The molecule has 5 aromatic rings. The molecule has 1 atom stereocenters. The number of ether oxygens (including phenoxy) is 1. The molecule has 0 spiro atoms. The maximum Gasteiger partial charge on any atom is 0.266 e. The molecule has 19 nitrogen and oxygen atoms in total. The highest BCUT2D eigenvalue weighted by molar-refractivity contribution is 6.24. The second-order valence-electron chi connectivity index (χ2n) is 18.1. The number of hydrogen-bond acceptors (Lipinski definition) is 14. The van der Waals surface area contributed by atoms with Crippen LogP contribution in [0, 0.1) is 6.92 Å². The SMILES string of the molecule is Cc1ccc(NC(=O)c2ccc(CN3CCN(CC(=O)NCCCCCCCCNC(=O)COc4cccc5c4C(=O)N(C4CCC(=O)NC4=O)C5=O)CC3)cc2)cc1Nc1nccc(-c2cccnc2)n1. The highest BCUT2D eigenvalue weighted by Gasteiger charge is 2.46. The number of imide groups is 2. The number of amides is 7. The minimum absolute atomic E-state index is 0.00244. The zero-order valence-corrected chi connectivity index (χ0v) is 40.3. The van der Waals surface area contributed by atoms with Crippen molar-refractivity contribution in [3.63, 3.8) is 0 Å². The summed E-state index contributed by atoms with van der Waals surface area (Å²) in [5.41, 5.74) is 5.78. The maximum atomic E-state index is 13.2. The van der Waals surface area contributed by atoms with E-state index in [1.54, 1.807) is 24.7 Å². The molecule has 374 valence electrons. The van der Waals surface area contributed by atoms with Crippen LogP contribution in [0.1, 0.15) is 93.6 Å². The predicted molar refractivity (Wildman–Crippen MR) is 268 cm³/mol. The van der Waals surface area contributed by atoms with Gasteiger partial charge in [-0.25, -0.2) is 9.97 Å². The van der Waals surface area contributed by atoms with E-state index in [1.807, 2.05) is 67.6 Å². The first-order valence-corrected chi connectivity index (χ1v) is 24.5. The van der Waals surface area contributed by atoms with Crippen LogP contribution in [0.25, 0.3) is 11.3 Å². The molecule has 72 heavy (non-hydrogen) atoms. The van der Waals surface area contributed by atoms with E-state index >= 15 is 0 Å². The maximum absolute atomic E-state index is 13.2. The first-order chi connectivity index (χ1) is 35.0. The summed E-state index contributed by atoms with van der Waals surface area (Å²) < 4.78 is 5.65. The summed E-state index contributed by atoms with van der Waals surface area (Å²) >= 11 is 0. The number of piperidine rings is 1. The Morgan fingerprint density at radius 3 is 2.25 bits per heavy atom. The number of benzene rings is 3. The zero-order valence-electron chi connectivity index (χ0n) is 40.3. The van der Waals surface area contributed by atoms with Crippen molar-refractivity contribution in [3.05, 3.63) is 125 Å². The molecule has 3 aliphatic heterocycles. The van der Waals surface area contributed by atoms with E-state index in [9.17, 15) is 33.6 Å². The molecule has 3 aliphatic rings. The molecule has 2 fully saturated rings. The summed E-state index contributed by atoms with van der Waals surface area (Å²) in [4.78, 5) is 107. The average Bonchev–Trinajstić information content (AvgIpc) is 3.64. The normalized spacial score (nSPS) is 16.0. The Balaban J connectivity index is 0.648. The average molecular weight is 978 g/mol. The summed E-state index contributed by atoms with van der Waals surface area (Å²) in [5.74, 6) is -2.52. The van der Waals surface area contributed by atoms with Crippen molar-refractivity contribution < 1.29 is 38.3 Å². The van der Waals surface area contributed by atoms with Gasteiger partial charge in [-0.05, 0) is 91.9 Å². The predicted octanol–water partition coefficient (Wildman–Crippen LogP) is 5.01. The first kappa shape index (κ1) is 50.5. The molecule has 5 heterocycles. The second-order valence-corrected chi connectivity index (χ2v) is 18.1. The molecule has 5 N–H and O–H groups in total. The van der Waals surface area contributed by atoms with Gasteiger partial charge in [-0.1, -0.05) is 49.9 Å². The number of anilines is 3. The van der Waals surface area contributed by atoms with Gasteiger partial charge in [0.05, 0.1) is 23.4 Å². The third-order valence-electron chi connectivity index (χ3n) is 12.8.